The van der Waals surface area contributed by atoms with E-state index in [-0.39, 0.29) is 24.7 Å². The Hall–Kier alpha value is -3.07. The minimum Gasteiger partial charge on any atom is -0.481 e. The van der Waals surface area contributed by atoms with Crippen LogP contribution < -0.4 is 5.43 Å². The number of hydrazine groups is 1. The molecule has 1 aromatic heterocycles. The van der Waals surface area contributed by atoms with Gasteiger partial charge in [0.25, 0.3) is 11.8 Å². The predicted molar refractivity (Wildman–Crippen MR) is 126 cm³/mol. The third-order valence-electron chi connectivity index (χ3n) is 6.68. The molecule has 3 N–H and O–H groups in total. The van der Waals surface area contributed by atoms with E-state index in [1.165, 1.54) is 9.91 Å². The molecule has 1 aliphatic heterocycles. The van der Waals surface area contributed by atoms with Crippen LogP contribution in [0, 0.1) is 11.8 Å². The molecule has 2 aliphatic rings. The lowest BCUT2D eigenvalue weighted by molar-refractivity contribution is -0.149. The Morgan fingerprint density at radius 3 is 2.74 bits per heavy atom. The molecule has 1 aromatic carbocycles. The van der Waals surface area contributed by atoms with Gasteiger partial charge in [-0.1, -0.05) is 36.6 Å². The molecule has 2 aromatic rings. The average molecular weight is 489 g/mol. The second kappa shape index (κ2) is 10.0. The first kappa shape index (κ1) is 24.1. The number of nitrogens with one attached hydrogen (secondary N) is 2. The molecular formula is C24H29ClN4O5. The number of benzene rings is 1. The van der Waals surface area contributed by atoms with Crippen LogP contribution in [0.3, 0.4) is 0 Å². The molecule has 4 rings (SSSR count). The first-order valence-corrected chi connectivity index (χ1v) is 12.0. The Morgan fingerprint density at radius 1 is 1.29 bits per heavy atom. The number of para-hydroxylation sites is 1. The topological polar surface area (TPSA) is 123 Å². The number of aromatic amines is 1. The number of piperidine rings is 1. The second-order valence-electron chi connectivity index (χ2n) is 9.24. The van der Waals surface area contributed by atoms with Crippen molar-refractivity contribution in [3.63, 3.8) is 0 Å². The van der Waals surface area contributed by atoms with Gasteiger partial charge in [-0.25, -0.2) is 0 Å². The van der Waals surface area contributed by atoms with E-state index in [1.807, 2.05) is 6.07 Å². The van der Waals surface area contributed by atoms with Gasteiger partial charge in [-0.15, -0.1) is 0 Å². The molecule has 9 nitrogen and oxygen atoms in total. The lowest BCUT2D eigenvalue weighted by atomic mass is 9.93. The summed E-state index contributed by atoms with van der Waals surface area (Å²) in [7, 11) is 1.59. The normalized spacial score (nSPS) is 19.2. The van der Waals surface area contributed by atoms with Crippen LogP contribution in [0.1, 0.15) is 55.4 Å². The fraction of sp³-hybridized carbons (Fsp3) is 0.500. The second-order valence-corrected chi connectivity index (χ2v) is 9.64. The third-order valence-corrected chi connectivity index (χ3v) is 7.00. The van der Waals surface area contributed by atoms with Gasteiger partial charge in [-0.05, 0) is 43.7 Å². The van der Waals surface area contributed by atoms with Gasteiger partial charge in [0.1, 0.15) is 11.7 Å². The summed E-state index contributed by atoms with van der Waals surface area (Å²) in [5.74, 6) is -2.03. The number of halogens is 1. The van der Waals surface area contributed by atoms with Crippen molar-refractivity contribution in [3.8, 4) is 0 Å². The number of rotatable bonds is 9. The third kappa shape index (κ3) is 5.35. The number of carboxylic acid groups (broad SMARTS) is 1. The molecule has 0 bridgehead atoms. The number of likely N-dealkylation sites (N-methyl/N-ethyl adjacent to an activating group) is 1. The summed E-state index contributed by atoms with van der Waals surface area (Å²) < 4.78 is 0. The van der Waals surface area contributed by atoms with Gasteiger partial charge in [0.2, 0.25) is 5.91 Å². The number of H-pyrrole nitrogens is 1. The van der Waals surface area contributed by atoms with E-state index in [2.05, 4.69) is 10.4 Å². The zero-order valence-corrected chi connectivity index (χ0v) is 19.8. The molecule has 1 aliphatic carbocycles. The fourth-order valence-corrected chi connectivity index (χ4v) is 4.74. The van der Waals surface area contributed by atoms with Crippen LogP contribution in [0.2, 0.25) is 5.02 Å². The highest BCUT2D eigenvalue weighted by molar-refractivity contribution is 6.35. The van der Waals surface area contributed by atoms with Gasteiger partial charge in [0.15, 0.2) is 0 Å². The monoisotopic (exact) mass is 488 g/mol. The first-order chi connectivity index (χ1) is 16.2. The largest absolute Gasteiger partial charge is 0.481 e. The minimum atomic E-state index is -0.947. The van der Waals surface area contributed by atoms with Crippen molar-refractivity contribution in [1.29, 1.82) is 0 Å². The molecule has 3 amide bonds. The van der Waals surface area contributed by atoms with E-state index in [1.54, 1.807) is 25.2 Å². The number of aromatic nitrogens is 1. The van der Waals surface area contributed by atoms with E-state index >= 15 is 0 Å². The Kier molecular flexibility index (Phi) is 7.11. The fourth-order valence-electron chi connectivity index (χ4n) is 4.51. The summed E-state index contributed by atoms with van der Waals surface area (Å²) in [5.41, 5.74) is 3.71. The SMILES string of the molecule is CN(C(=O)c1cc2cccc(Cl)c2[nH]1)[C@@H](CC1CC1)C(=O)NN1CCC[C@@H](CCC(=O)O)C1=O. The number of carbonyl (C=O) groups is 4. The summed E-state index contributed by atoms with van der Waals surface area (Å²) in [6, 6.07) is 6.37. The van der Waals surface area contributed by atoms with E-state index in [4.69, 9.17) is 16.7 Å². The first-order valence-electron chi connectivity index (χ1n) is 11.6. The van der Waals surface area contributed by atoms with Crippen molar-refractivity contribution >= 4 is 46.2 Å². The molecule has 34 heavy (non-hydrogen) atoms. The van der Waals surface area contributed by atoms with Crippen LogP contribution >= 0.6 is 11.6 Å². The number of carbonyl (C=O) groups excluding carboxylic acids is 3. The molecule has 0 unspecified atom stereocenters. The maximum absolute atomic E-state index is 13.3. The van der Waals surface area contributed by atoms with Crippen molar-refractivity contribution in [3.05, 3.63) is 35.0 Å². The Morgan fingerprint density at radius 2 is 2.06 bits per heavy atom. The van der Waals surface area contributed by atoms with E-state index in [9.17, 15) is 19.2 Å². The quantitative estimate of drug-likeness (QED) is 0.500. The average Bonchev–Trinajstić information content (AvgIpc) is 3.52. The number of amides is 3. The van der Waals surface area contributed by atoms with Crippen molar-refractivity contribution in [2.24, 2.45) is 11.8 Å². The lowest BCUT2D eigenvalue weighted by Gasteiger charge is -2.35. The molecule has 182 valence electrons. The number of hydrogen-bond acceptors (Lipinski definition) is 4. The van der Waals surface area contributed by atoms with E-state index in [0.29, 0.717) is 48.0 Å². The zero-order valence-electron chi connectivity index (χ0n) is 19.1. The minimum absolute atomic E-state index is 0.0890. The summed E-state index contributed by atoms with van der Waals surface area (Å²) in [6.45, 7) is 0.364. The zero-order chi connectivity index (χ0) is 24.4. The molecule has 2 heterocycles. The maximum Gasteiger partial charge on any atom is 0.303 e. The highest BCUT2D eigenvalue weighted by Crippen LogP contribution is 2.35. The Labute approximate surface area is 202 Å². The summed E-state index contributed by atoms with van der Waals surface area (Å²) in [5, 5.41) is 11.5. The van der Waals surface area contributed by atoms with Crippen molar-refractivity contribution in [1.82, 2.24) is 20.3 Å². The van der Waals surface area contributed by atoms with Crippen molar-refractivity contribution < 1.29 is 24.3 Å². The Bertz CT molecular complexity index is 1110. The van der Waals surface area contributed by atoms with Crippen LogP contribution in [0.15, 0.2) is 24.3 Å². The highest BCUT2D eigenvalue weighted by atomic mass is 35.5. The predicted octanol–water partition coefficient (Wildman–Crippen LogP) is 3.20. The van der Waals surface area contributed by atoms with Crippen molar-refractivity contribution in [2.45, 2.75) is 51.0 Å². The molecule has 10 heteroatoms. The van der Waals surface area contributed by atoms with Crippen LogP contribution in [0.25, 0.3) is 10.9 Å². The summed E-state index contributed by atoms with van der Waals surface area (Å²) in [4.78, 5) is 54.7. The van der Waals surface area contributed by atoms with Gasteiger partial charge < -0.3 is 15.0 Å². The molecule has 1 saturated heterocycles. The molecule has 0 spiro atoms. The smallest absolute Gasteiger partial charge is 0.303 e. The van der Waals surface area contributed by atoms with Gasteiger partial charge in [-0.2, -0.15) is 0 Å². The maximum atomic E-state index is 13.3. The molecule has 2 fully saturated rings. The van der Waals surface area contributed by atoms with Gasteiger partial charge in [0, 0.05) is 31.3 Å². The van der Waals surface area contributed by atoms with Crippen molar-refractivity contribution in [2.75, 3.05) is 13.6 Å². The number of fused-ring (bicyclic) bond motifs is 1. The number of hydrogen-bond donors (Lipinski definition) is 3. The lowest BCUT2D eigenvalue weighted by Crippen LogP contribution is -2.57. The van der Waals surface area contributed by atoms with E-state index < -0.39 is 23.8 Å². The van der Waals surface area contributed by atoms with Gasteiger partial charge in [0.05, 0.1) is 10.5 Å². The molecule has 1 saturated carbocycles. The van der Waals surface area contributed by atoms with E-state index in [0.717, 1.165) is 18.2 Å². The summed E-state index contributed by atoms with van der Waals surface area (Å²) >= 11 is 6.23. The highest BCUT2D eigenvalue weighted by Gasteiger charge is 2.37. The molecular weight excluding hydrogens is 460 g/mol. The molecule has 0 radical (unpaired) electrons. The van der Waals surface area contributed by atoms with Crippen LogP contribution in [0.4, 0.5) is 0 Å². The van der Waals surface area contributed by atoms with Gasteiger partial charge in [-0.3, -0.25) is 29.6 Å². The van der Waals surface area contributed by atoms with Crippen LogP contribution in [0.5, 0.6) is 0 Å². The van der Waals surface area contributed by atoms with Crippen LogP contribution in [-0.4, -0.2) is 63.3 Å². The summed E-state index contributed by atoms with van der Waals surface area (Å²) in [6.07, 6.45) is 3.96. The molecule has 2 atom stereocenters. The van der Waals surface area contributed by atoms with Crippen LogP contribution in [-0.2, 0) is 14.4 Å². The number of nitrogens with zero attached hydrogens (tertiary/aromatic N) is 2. The van der Waals surface area contributed by atoms with Gasteiger partial charge >= 0.3 is 5.97 Å². The number of carboxylic acids is 1. The standard InChI is InChI=1S/C24H29ClN4O5/c1-28(24(34)18-13-16-4-2-6-17(25)21(16)26-18)19(12-14-7-8-14)22(32)27-29-11-3-5-15(23(29)33)9-10-20(30)31/h2,4,6,13-15,19,26H,3,5,7-12H2,1H3,(H,27,32)(H,30,31)/t15-,19-/m0/s1. The number of aliphatic carboxylic acids is 1. The Balaban J connectivity index is 1.47.